The summed E-state index contributed by atoms with van der Waals surface area (Å²) in [5.41, 5.74) is 5.35. The van der Waals surface area contributed by atoms with E-state index < -0.39 is 32.5 Å². The molecule has 10 heteroatoms. The molecular formula is C51H88NO8P. The van der Waals surface area contributed by atoms with Crippen LogP contribution in [0.3, 0.4) is 0 Å². The second kappa shape index (κ2) is 46.7. The number of ether oxygens (including phenoxy) is 2. The maximum absolute atomic E-state index is 12.6. The van der Waals surface area contributed by atoms with Crippen molar-refractivity contribution in [2.75, 3.05) is 26.4 Å². The molecule has 1 unspecified atom stereocenters. The normalized spacial score (nSPS) is 14.0. The Kier molecular flexibility index (Phi) is 44.5. The number of unbranched alkanes of at least 4 members (excludes halogenated alkanes) is 17. The molecule has 0 aliphatic heterocycles. The predicted octanol–water partition coefficient (Wildman–Crippen LogP) is 14.4. The zero-order valence-corrected chi connectivity index (χ0v) is 39.5. The van der Waals surface area contributed by atoms with Gasteiger partial charge in [0.2, 0.25) is 0 Å². The number of hydrogen-bond donors (Lipinski definition) is 2. The molecule has 0 spiro atoms. The van der Waals surface area contributed by atoms with Crippen molar-refractivity contribution in [2.45, 2.75) is 200 Å². The van der Waals surface area contributed by atoms with E-state index in [2.05, 4.69) is 92.8 Å². The van der Waals surface area contributed by atoms with E-state index in [0.29, 0.717) is 19.3 Å². The van der Waals surface area contributed by atoms with Crippen molar-refractivity contribution in [1.82, 2.24) is 0 Å². The second-order valence-electron chi connectivity index (χ2n) is 15.6. The average Bonchev–Trinajstić information content (AvgIpc) is 3.25. The van der Waals surface area contributed by atoms with E-state index >= 15 is 0 Å². The van der Waals surface area contributed by atoms with Crippen LogP contribution in [0.4, 0.5) is 0 Å². The van der Waals surface area contributed by atoms with E-state index in [-0.39, 0.29) is 32.6 Å². The van der Waals surface area contributed by atoms with Gasteiger partial charge in [0.15, 0.2) is 6.10 Å². The number of hydrogen-bond acceptors (Lipinski definition) is 8. The fourth-order valence-corrected chi connectivity index (χ4v) is 6.98. The Balaban J connectivity index is 4.21. The maximum atomic E-state index is 12.6. The SMILES string of the molecule is CC/C=C/C/C=C/C/C=C/C/C=C/C/C=C/CCCC(=O)O[C@@H](COC(=O)CCC/C=C/CC/C=C/CCCCCCCCCCCCCCCC)COP(=O)(O)OCCN. The van der Waals surface area contributed by atoms with Gasteiger partial charge in [0.1, 0.15) is 6.61 Å². The van der Waals surface area contributed by atoms with Gasteiger partial charge in [0.25, 0.3) is 0 Å². The van der Waals surface area contributed by atoms with Crippen LogP contribution in [-0.4, -0.2) is 49.3 Å². The van der Waals surface area contributed by atoms with Crippen molar-refractivity contribution in [3.05, 3.63) is 85.1 Å². The molecule has 0 rings (SSSR count). The monoisotopic (exact) mass is 874 g/mol. The lowest BCUT2D eigenvalue weighted by molar-refractivity contribution is -0.161. The van der Waals surface area contributed by atoms with Crippen LogP contribution in [0.25, 0.3) is 0 Å². The molecule has 0 aromatic rings. The molecule has 0 radical (unpaired) electrons. The highest BCUT2D eigenvalue weighted by Gasteiger charge is 2.25. The molecule has 61 heavy (non-hydrogen) atoms. The van der Waals surface area contributed by atoms with Gasteiger partial charge in [-0.15, -0.1) is 0 Å². The first kappa shape index (κ1) is 58.2. The smallest absolute Gasteiger partial charge is 0.462 e. The Morgan fingerprint density at radius 1 is 0.508 bits per heavy atom. The first-order valence-corrected chi connectivity index (χ1v) is 25.6. The number of allylic oxidation sites excluding steroid dienone is 14. The topological polar surface area (TPSA) is 134 Å². The summed E-state index contributed by atoms with van der Waals surface area (Å²) in [6, 6.07) is 0. The molecule has 0 fully saturated rings. The van der Waals surface area contributed by atoms with Crippen molar-refractivity contribution >= 4 is 19.8 Å². The zero-order valence-electron chi connectivity index (χ0n) is 38.6. The predicted molar refractivity (Wildman–Crippen MR) is 256 cm³/mol. The van der Waals surface area contributed by atoms with Gasteiger partial charge in [-0.1, -0.05) is 182 Å². The first-order valence-electron chi connectivity index (χ1n) is 24.1. The highest BCUT2D eigenvalue weighted by molar-refractivity contribution is 7.47. The molecule has 9 nitrogen and oxygen atoms in total. The molecular weight excluding hydrogens is 786 g/mol. The standard InChI is InChI=1S/C51H88NO8P/c1-3-5-7-9-11-13-15-17-19-21-22-23-24-25-26-28-29-31-33-35-37-39-41-43-50(53)57-47-49(48-59-61(55,56)58-46-45-52)60-51(54)44-42-40-38-36-34-32-30-27-20-18-16-14-12-10-8-6-4-2/h6,8,12,14,18,20,28-30,32,35-38,49H,3-5,7,9-11,13,15-17,19,21-27,31,33-34,39-48,52H2,1-2H3,(H,55,56)/b8-6+,14-12+,20-18+,29-28+,32-30+,37-35+,38-36+/t49-/m0/s1. The van der Waals surface area contributed by atoms with E-state index in [0.717, 1.165) is 57.8 Å². The minimum atomic E-state index is -4.41. The fourth-order valence-electron chi connectivity index (χ4n) is 6.22. The van der Waals surface area contributed by atoms with Gasteiger partial charge in [0.05, 0.1) is 13.2 Å². The lowest BCUT2D eigenvalue weighted by atomic mass is 10.0. The van der Waals surface area contributed by atoms with Crippen LogP contribution in [-0.2, 0) is 32.7 Å². The van der Waals surface area contributed by atoms with Crippen LogP contribution in [0.5, 0.6) is 0 Å². The maximum Gasteiger partial charge on any atom is 0.472 e. The van der Waals surface area contributed by atoms with Gasteiger partial charge in [-0.2, -0.15) is 0 Å². The third-order valence-electron chi connectivity index (χ3n) is 9.74. The summed E-state index contributed by atoms with van der Waals surface area (Å²) >= 11 is 0. The van der Waals surface area contributed by atoms with Crippen LogP contribution < -0.4 is 5.73 Å². The average molecular weight is 874 g/mol. The lowest BCUT2D eigenvalue weighted by Crippen LogP contribution is -2.29. The highest BCUT2D eigenvalue weighted by atomic mass is 31.2. The number of phosphoric ester groups is 1. The fraction of sp³-hybridized carbons (Fsp3) is 0.686. The summed E-state index contributed by atoms with van der Waals surface area (Å²) in [7, 11) is -4.41. The third kappa shape index (κ3) is 46.5. The van der Waals surface area contributed by atoms with Crippen LogP contribution in [0, 0.1) is 0 Å². The Bertz CT molecular complexity index is 1270. The quantitative estimate of drug-likeness (QED) is 0.0265. The summed E-state index contributed by atoms with van der Waals surface area (Å²) in [6.07, 6.45) is 59.3. The Morgan fingerprint density at radius 2 is 0.918 bits per heavy atom. The molecule has 0 aliphatic carbocycles. The molecule has 350 valence electrons. The van der Waals surface area contributed by atoms with Gasteiger partial charge in [-0.3, -0.25) is 18.6 Å². The molecule has 0 amide bonds. The Hall–Kier alpha value is -2.81. The minimum Gasteiger partial charge on any atom is -0.462 e. The van der Waals surface area contributed by atoms with Crippen LogP contribution in [0.15, 0.2) is 85.1 Å². The number of esters is 2. The number of rotatable bonds is 44. The van der Waals surface area contributed by atoms with Crippen LogP contribution in [0.2, 0.25) is 0 Å². The van der Waals surface area contributed by atoms with E-state index in [1.54, 1.807) is 0 Å². The van der Waals surface area contributed by atoms with E-state index in [1.807, 2.05) is 6.08 Å². The van der Waals surface area contributed by atoms with E-state index in [4.69, 9.17) is 24.3 Å². The van der Waals surface area contributed by atoms with Crippen molar-refractivity contribution < 1.29 is 37.6 Å². The van der Waals surface area contributed by atoms with Gasteiger partial charge < -0.3 is 20.1 Å². The first-order chi connectivity index (χ1) is 29.8. The molecule has 0 saturated heterocycles. The molecule has 0 aliphatic rings. The van der Waals surface area contributed by atoms with Crippen LogP contribution in [0.1, 0.15) is 194 Å². The number of carbonyl (C=O) groups excluding carboxylic acids is 2. The second-order valence-corrected chi connectivity index (χ2v) is 17.0. The van der Waals surface area contributed by atoms with Gasteiger partial charge in [0, 0.05) is 19.4 Å². The van der Waals surface area contributed by atoms with Crippen molar-refractivity contribution in [1.29, 1.82) is 0 Å². The molecule has 0 bridgehead atoms. The number of phosphoric acid groups is 1. The van der Waals surface area contributed by atoms with Gasteiger partial charge in [-0.05, 0) is 83.5 Å². The summed E-state index contributed by atoms with van der Waals surface area (Å²) in [4.78, 5) is 34.9. The Morgan fingerprint density at radius 3 is 1.41 bits per heavy atom. The minimum absolute atomic E-state index is 0.0354. The summed E-state index contributed by atoms with van der Waals surface area (Å²) < 4.78 is 32.7. The molecule has 2 atom stereocenters. The van der Waals surface area contributed by atoms with Gasteiger partial charge in [-0.25, -0.2) is 4.57 Å². The molecule has 0 aromatic carbocycles. The van der Waals surface area contributed by atoms with Gasteiger partial charge >= 0.3 is 19.8 Å². The summed E-state index contributed by atoms with van der Waals surface area (Å²) in [6.45, 7) is 3.51. The molecule has 0 aromatic heterocycles. The highest BCUT2D eigenvalue weighted by Crippen LogP contribution is 2.43. The number of carbonyl (C=O) groups is 2. The van der Waals surface area contributed by atoms with Crippen molar-refractivity contribution in [2.24, 2.45) is 5.73 Å². The Labute approximate surface area is 373 Å². The molecule has 0 heterocycles. The van der Waals surface area contributed by atoms with E-state index in [1.165, 1.54) is 89.9 Å². The van der Waals surface area contributed by atoms with Crippen LogP contribution >= 0.6 is 7.82 Å². The zero-order chi connectivity index (χ0) is 44.6. The number of nitrogens with two attached hydrogens (primary N) is 1. The lowest BCUT2D eigenvalue weighted by Gasteiger charge is -2.19. The largest absolute Gasteiger partial charge is 0.472 e. The summed E-state index contributed by atoms with van der Waals surface area (Å²) in [5, 5.41) is 0. The third-order valence-corrected chi connectivity index (χ3v) is 10.7. The summed E-state index contributed by atoms with van der Waals surface area (Å²) in [5.74, 6) is -0.951. The molecule has 3 N–H and O–H groups in total. The van der Waals surface area contributed by atoms with Crippen molar-refractivity contribution in [3.63, 3.8) is 0 Å². The molecule has 0 saturated carbocycles. The van der Waals surface area contributed by atoms with E-state index in [9.17, 15) is 19.0 Å². The van der Waals surface area contributed by atoms with Crippen molar-refractivity contribution in [3.8, 4) is 0 Å².